The molecular formula is C11H20N4O. The van der Waals surface area contributed by atoms with Crippen molar-refractivity contribution < 1.29 is 5.11 Å². The second-order valence-corrected chi connectivity index (χ2v) is 4.52. The third kappa shape index (κ3) is 3.16. The molecule has 0 saturated carbocycles. The first-order chi connectivity index (χ1) is 7.49. The Morgan fingerprint density at radius 3 is 2.62 bits per heavy atom. The van der Waals surface area contributed by atoms with E-state index in [-0.39, 0.29) is 12.1 Å². The Balaban J connectivity index is 2.66. The fraction of sp³-hybridized carbons (Fsp3) is 0.545. The topological polar surface area (TPSA) is 74.4 Å². The van der Waals surface area contributed by atoms with Gasteiger partial charge in [0.1, 0.15) is 5.82 Å². The summed E-state index contributed by atoms with van der Waals surface area (Å²) in [5.74, 6) is 5.88. The van der Waals surface area contributed by atoms with E-state index in [2.05, 4.69) is 15.3 Å². The summed E-state index contributed by atoms with van der Waals surface area (Å²) in [6.07, 6.45) is 1.78. The number of anilines is 1. The predicted molar refractivity (Wildman–Crippen MR) is 64.7 cm³/mol. The number of nitrogens with one attached hydrogen (secondary N) is 1. The molecule has 5 nitrogen and oxygen atoms in total. The molecular weight excluding hydrogens is 204 g/mol. The fourth-order valence-electron chi connectivity index (χ4n) is 1.21. The maximum atomic E-state index is 9.24. The molecule has 1 aromatic heterocycles. The molecule has 0 atom stereocenters. The Kier molecular flexibility index (Phi) is 4.23. The number of aromatic nitrogens is 1. The minimum atomic E-state index is -0.231. The highest BCUT2D eigenvalue weighted by Crippen LogP contribution is 2.15. The Hall–Kier alpha value is -1.17. The van der Waals surface area contributed by atoms with Gasteiger partial charge in [-0.3, -0.25) is 4.90 Å². The normalized spacial score (nSPS) is 11.9. The van der Waals surface area contributed by atoms with Crippen LogP contribution in [0.4, 0.5) is 5.82 Å². The van der Waals surface area contributed by atoms with Gasteiger partial charge in [0.15, 0.2) is 0 Å². The van der Waals surface area contributed by atoms with Crippen LogP contribution < -0.4 is 11.3 Å². The molecule has 16 heavy (non-hydrogen) atoms. The van der Waals surface area contributed by atoms with Crippen LogP contribution in [0.5, 0.6) is 0 Å². The Bertz CT molecular complexity index is 323. The van der Waals surface area contributed by atoms with Crippen molar-refractivity contribution in [2.24, 2.45) is 5.84 Å². The Morgan fingerprint density at radius 2 is 2.19 bits per heavy atom. The highest BCUT2D eigenvalue weighted by molar-refractivity contribution is 5.33. The lowest BCUT2D eigenvalue weighted by Gasteiger charge is -2.33. The van der Waals surface area contributed by atoms with Gasteiger partial charge >= 0.3 is 0 Å². The molecule has 0 saturated heterocycles. The number of hydrogen-bond acceptors (Lipinski definition) is 5. The summed E-state index contributed by atoms with van der Waals surface area (Å²) in [4.78, 5) is 6.22. The molecule has 0 bridgehead atoms. The number of aliphatic hydroxyl groups excluding tert-OH is 1. The number of nitrogens with two attached hydrogens (primary N) is 1. The van der Waals surface area contributed by atoms with Crippen LogP contribution in [-0.2, 0) is 6.54 Å². The average Bonchev–Trinajstić information content (AvgIpc) is 2.30. The van der Waals surface area contributed by atoms with Crippen LogP contribution >= 0.6 is 0 Å². The maximum Gasteiger partial charge on any atom is 0.139 e. The lowest BCUT2D eigenvalue weighted by atomic mass is 10.0. The molecule has 90 valence electrons. The van der Waals surface area contributed by atoms with Crippen LogP contribution in [0.3, 0.4) is 0 Å². The minimum Gasteiger partial charge on any atom is -0.394 e. The second kappa shape index (κ2) is 5.25. The largest absolute Gasteiger partial charge is 0.394 e. The van der Waals surface area contributed by atoms with E-state index in [0.29, 0.717) is 5.82 Å². The number of aliphatic hydroxyl groups is 1. The van der Waals surface area contributed by atoms with E-state index in [1.54, 1.807) is 6.20 Å². The van der Waals surface area contributed by atoms with E-state index in [0.717, 1.165) is 12.1 Å². The zero-order valence-corrected chi connectivity index (χ0v) is 10.1. The average molecular weight is 224 g/mol. The Morgan fingerprint density at radius 1 is 1.50 bits per heavy atom. The van der Waals surface area contributed by atoms with Gasteiger partial charge in [-0.25, -0.2) is 10.8 Å². The number of nitrogens with zero attached hydrogens (tertiary/aromatic N) is 2. The van der Waals surface area contributed by atoms with E-state index < -0.39 is 0 Å². The van der Waals surface area contributed by atoms with Crippen molar-refractivity contribution in [3.05, 3.63) is 23.9 Å². The molecule has 0 unspecified atom stereocenters. The van der Waals surface area contributed by atoms with Gasteiger partial charge in [0.2, 0.25) is 0 Å². The molecule has 0 aliphatic carbocycles. The number of rotatable bonds is 5. The van der Waals surface area contributed by atoms with E-state index in [1.165, 1.54) is 0 Å². The van der Waals surface area contributed by atoms with Gasteiger partial charge in [0.25, 0.3) is 0 Å². The van der Waals surface area contributed by atoms with Gasteiger partial charge in [-0.2, -0.15) is 0 Å². The zero-order valence-electron chi connectivity index (χ0n) is 10.1. The molecule has 0 aliphatic heterocycles. The van der Waals surface area contributed by atoms with Crippen LogP contribution in [0.15, 0.2) is 18.3 Å². The lowest BCUT2D eigenvalue weighted by Crippen LogP contribution is -2.43. The summed E-state index contributed by atoms with van der Waals surface area (Å²) in [5, 5.41) is 9.24. The highest BCUT2D eigenvalue weighted by atomic mass is 16.3. The molecule has 0 amide bonds. The van der Waals surface area contributed by atoms with Crippen molar-refractivity contribution in [3.63, 3.8) is 0 Å². The molecule has 4 N–H and O–H groups in total. The van der Waals surface area contributed by atoms with Crippen LogP contribution in [0.1, 0.15) is 19.4 Å². The van der Waals surface area contributed by atoms with Gasteiger partial charge < -0.3 is 10.5 Å². The van der Waals surface area contributed by atoms with Gasteiger partial charge in [-0.1, -0.05) is 6.07 Å². The quantitative estimate of drug-likeness (QED) is 0.503. The van der Waals surface area contributed by atoms with Crippen LogP contribution in [-0.4, -0.2) is 34.2 Å². The third-order valence-corrected chi connectivity index (χ3v) is 2.81. The molecule has 0 aromatic carbocycles. The van der Waals surface area contributed by atoms with Crippen molar-refractivity contribution in [1.29, 1.82) is 0 Å². The molecule has 0 spiro atoms. The first-order valence-corrected chi connectivity index (χ1v) is 5.23. The van der Waals surface area contributed by atoms with E-state index in [9.17, 15) is 5.11 Å². The lowest BCUT2D eigenvalue weighted by molar-refractivity contribution is 0.0733. The Labute approximate surface area is 96.3 Å². The summed E-state index contributed by atoms with van der Waals surface area (Å²) < 4.78 is 0. The summed E-state index contributed by atoms with van der Waals surface area (Å²) in [6.45, 7) is 4.86. The summed E-state index contributed by atoms with van der Waals surface area (Å²) in [6, 6.07) is 3.79. The predicted octanol–water partition coefficient (Wildman–Crippen LogP) is 0.570. The second-order valence-electron chi connectivity index (χ2n) is 4.52. The molecule has 1 rings (SSSR count). The van der Waals surface area contributed by atoms with Crippen molar-refractivity contribution >= 4 is 5.82 Å². The van der Waals surface area contributed by atoms with E-state index in [4.69, 9.17) is 5.84 Å². The van der Waals surface area contributed by atoms with Crippen molar-refractivity contribution in [2.75, 3.05) is 19.1 Å². The van der Waals surface area contributed by atoms with E-state index in [1.807, 2.05) is 33.0 Å². The van der Waals surface area contributed by atoms with Crippen LogP contribution in [0.2, 0.25) is 0 Å². The number of pyridine rings is 1. The molecule has 0 aliphatic rings. The first kappa shape index (κ1) is 12.9. The highest BCUT2D eigenvalue weighted by Gasteiger charge is 2.22. The number of nitrogen functional groups attached to an aromatic ring is 1. The summed E-state index contributed by atoms with van der Waals surface area (Å²) in [5.41, 5.74) is 3.34. The molecule has 1 heterocycles. The van der Waals surface area contributed by atoms with Gasteiger partial charge in [-0.15, -0.1) is 0 Å². The van der Waals surface area contributed by atoms with Crippen molar-refractivity contribution in [2.45, 2.75) is 25.9 Å². The zero-order chi connectivity index (χ0) is 12.2. The monoisotopic (exact) mass is 224 g/mol. The van der Waals surface area contributed by atoms with Crippen LogP contribution in [0, 0.1) is 0 Å². The SMILES string of the molecule is CN(Cc1ccc(NN)nc1)C(C)(C)CO. The van der Waals surface area contributed by atoms with Crippen molar-refractivity contribution in [1.82, 2.24) is 9.88 Å². The van der Waals surface area contributed by atoms with Crippen LogP contribution in [0.25, 0.3) is 0 Å². The minimum absolute atomic E-state index is 0.124. The van der Waals surface area contributed by atoms with Gasteiger partial charge in [-0.05, 0) is 32.5 Å². The molecule has 0 radical (unpaired) electrons. The standard InChI is InChI=1S/C11H20N4O/c1-11(2,8-16)15(3)7-9-4-5-10(14-12)13-6-9/h4-6,16H,7-8,12H2,1-3H3,(H,13,14). The summed E-state index contributed by atoms with van der Waals surface area (Å²) >= 11 is 0. The smallest absolute Gasteiger partial charge is 0.139 e. The third-order valence-electron chi connectivity index (χ3n) is 2.81. The van der Waals surface area contributed by atoms with Gasteiger partial charge in [0.05, 0.1) is 6.61 Å². The van der Waals surface area contributed by atoms with E-state index >= 15 is 0 Å². The number of hydrazine groups is 1. The molecule has 0 fully saturated rings. The molecule has 1 aromatic rings. The van der Waals surface area contributed by atoms with Crippen molar-refractivity contribution in [3.8, 4) is 0 Å². The molecule has 5 heteroatoms. The first-order valence-electron chi connectivity index (χ1n) is 5.23. The number of hydrogen-bond donors (Lipinski definition) is 3. The summed E-state index contributed by atoms with van der Waals surface area (Å²) in [7, 11) is 1.98. The number of likely N-dealkylation sites (N-methyl/N-ethyl adjacent to an activating group) is 1. The fourth-order valence-corrected chi connectivity index (χ4v) is 1.21. The van der Waals surface area contributed by atoms with Gasteiger partial charge in [0, 0.05) is 18.3 Å². The maximum absolute atomic E-state index is 9.24.